The normalized spacial score (nSPS) is 11.2. The van der Waals surface area contributed by atoms with Crippen molar-refractivity contribution in [2.24, 2.45) is 0 Å². The van der Waals surface area contributed by atoms with Crippen molar-refractivity contribution < 1.29 is 4.74 Å². The van der Waals surface area contributed by atoms with Gasteiger partial charge in [0.15, 0.2) is 0 Å². The van der Waals surface area contributed by atoms with E-state index >= 15 is 0 Å². The standard InChI is InChI=1S/C18H18OS/c1-2-20-13-19-12-18-16-9-5-3-7-14(16)11-15-8-4-6-10-17(15)18/h3-11H,2,12-13H2,1H3. The third-order valence-electron chi connectivity index (χ3n) is 3.50. The average molecular weight is 282 g/mol. The Balaban J connectivity index is 2.08. The van der Waals surface area contributed by atoms with Gasteiger partial charge in [-0.05, 0) is 38.9 Å². The Morgan fingerprint density at radius 2 is 1.50 bits per heavy atom. The molecule has 20 heavy (non-hydrogen) atoms. The molecular formula is C18H18OS. The molecule has 0 amide bonds. The maximum Gasteiger partial charge on any atom is 0.0925 e. The Morgan fingerprint density at radius 3 is 2.10 bits per heavy atom. The summed E-state index contributed by atoms with van der Waals surface area (Å²) >= 11 is 1.82. The largest absolute Gasteiger partial charge is 0.366 e. The molecule has 3 aromatic rings. The Kier molecular flexibility index (Phi) is 4.24. The number of benzene rings is 3. The molecule has 102 valence electrons. The SMILES string of the molecule is CCSCOCc1c2ccccc2cc2ccccc12. The lowest BCUT2D eigenvalue weighted by atomic mass is 9.97. The fraction of sp³-hybridized carbons (Fsp3) is 0.222. The van der Waals surface area contributed by atoms with E-state index in [4.69, 9.17) is 4.74 Å². The van der Waals surface area contributed by atoms with E-state index in [2.05, 4.69) is 61.5 Å². The van der Waals surface area contributed by atoms with E-state index in [1.54, 1.807) is 0 Å². The minimum absolute atomic E-state index is 0.675. The highest BCUT2D eigenvalue weighted by Crippen LogP contribution is 2.29. The van der Waals surface area contributed by atoms with Crippen LogP contribution < -0.4 is 0 Å². The van der Waals surface area contributed by atoms with Crippen molar-refractivity contribution >= 4 is 33.3 Å². The second kappa shape index (κ2) is 6.29. The molecule has 0 saturated carbocycles. The van der Waals surface area contributed by atoms with Crippen LogP contribution in [-0.2, 0) is 11.3 Å². The van der Waals surface area contributed by atoms with Crippen molar-refractivity contribution in [1.82, 2.24) is 0 Å². The van der Waals surface area contributed by atoms with Crippen molar-refractivity contribution in [2.75, 3.05) is 11.7 Å². The van der Waals surface area contributed by atoms with Gasteiger partial charge in [0.25, 0.3) is 0 Å². The number of rotatable bonds is 5. The van der Waals surface area contributed by atoms with Crippen LogP contribution in [-0.4, -0.2) is 11.7 Å². The minimum atomic E-state index is 0.675. The lowest BCUT2D eigenvalue weighted by Crippen LogP contribution is -1.95. The maximum absolute atomic E-state index is 5.84. The van der Waals surface area contributed by atoms with Gasteiger partial charge in [0, 0.05) is 0 Å². The fourth-order valence-corrected chi connectivity index (χ4v) is 2.92. The van der Waals surface area contributed by atoms with Crippen LogP contribution in [0.5, 0.6) is 0 Å². The van der Waals surface area contributed by atoms with Gasteiger partial charge in [0.2, 0.25) is 0 Å². The highest BCUT2D eigenvalue weighted by Gasteiger charge is 2.07. The average Bonchev–Trinajstić information content (AvgIpc) is 2.50. The zero-order valence-corrected chi connectivity index (χ0v) is 12.5. The molecule has 0 spiro atoms. The second-order valence-electron chi connectivity index (χ2n) is 4.76. The number of fused-ring (bicyclic) bond motifs is 2. The smallest absolute Gasteiger partial charge is 0.0925 e. The van der Waals surface area contributed by atoms with E-state index in [1.807, 2.05) is 11.8 Å². The van der Waals surface area contributed by atoms with Gasteiger partial charge in [-0.2, -0.15) is 0 Å². The van der Waals surface area contributed by atoms with Crippen LogP contribution in [0.1, 0.15) is 12.5 Å². The van der Waals surface area contributed by atoms with Gasteiger partial charge in [-0.15, -0.1) is 11.8 Å². The third-order valence-corrected chi connectivity index (χ3v) is 4.24. The Hall–Kier alpha value is -1.51. The van der Waals surface area contributed by atoms with Crippen molar-refractivity contribution in [3.05, 3.63) is 60.2 Å². The molecule has 1 nitrogen and oxygen atoms in total. The Bertz CT molecular complexity index is 667. The Morgan fingerprint density at radius 1 is 0.900 bits per heavy atom. The molecule has 0 aromatic heterocycles. The van der Waals surface area contributed by atoms with Gasteiger partial charge in [-0.3, -0.25) is 0 Å². The molecule has 0 aliphatic carbocycles. The summed E-state index contributed by atoms with van der Waals surface area (Å²) < 4.78 is 5.84. The minimum Gasteiger partial charge on any atom is -0.366 e. The summed E-state index contributed by atoms with van der Waals surface area (Å²) in [5.74, 6) is 1.85. The summed E-state index contributed by atoms with van der Waals surface area (Å²) in [6, 6.07) is 19.4. The van der Waals surface area contributed by atoms with E-state index < -0.39 is 0 Å². The second-order valence-corrected chi connectivity index (χ2v) is 5.98. The zero-order chi connectivity index (χ0) is 13.8. The topological polar surface area (TPSA) is 9.23 Å². The predicted molar refractivity (Wildman–Crippen MR) is 89.2 cm³/mol. The molecule has 0 fully saturated rings. The molecule has 0 atom stereocenters. The van der Waals surface area contributed by atoms with Gasteiger partial charge >= 0.3 is 0 Å². The maximum atomic E-state index is 5.84. The molecule has 0 radical (unpaired) electrons. The van der Waals surface area contributed by atoms with Crippen LogP contribution in [0.2, 0.25) is 0 Å². The van der Waals surface area contributed by atoms with Gasteiger partial charge < -0.3 is 4.74 Å². The van der Waals surface area contributed by atoms with Crippen molar-refractivity contribution in [2.45, 2.75) is 13.5 Å². The molecule has 0 heterocycles. The van der Waals surface area contributed by atoms with E-state index in [1.165, 1.54) is 27.1 Å². The first-order valence-electron chi connectivity index (χ1n) is 6.95. The van der Waals surface area contributed by atoms with Crippen LogP contribution in [0.3, 0.4) is 0 Å². The van der Waals surface area contributed by atoms with Crippen LogP contribution >= 0.6 is 11.8 Å². The summed E-state index contributed by atoms with van der Waals surface area (Å²) in [6.45, 7) is 2.83. The lowest BCUT2D eigenvalue weighted by molar-refractivity contribution is 0.171. The summed E-state index contributed by atoms with van der Waals surface area (Å²) in [7, 11) is 0. The fourth-order valence-electron chi connectivity index (χ4n) is 2.55. The van der Waals surface area contributed by atoms with Crippen molar-refractivity contribution in [3.8, 4) is 0 Å². The third kappa shape index (κ3) is 2.67. The molecule has 0 bridgehead atoms. The molecular weight excluding hydrogens is 264 g/mol. The van der Waals surface area contributed by atoms with E-state index in [0.717, 1.165) is 11.7 Å². The summed E-state index contributed by atoms with van der Waals surface area (Å²) in [6.07, 6.45) is 0. The zero-order valence-electron chi connectivity index (χ0n) is 11.6. The molecule has 0 saturated heterocycles. The molecule has 3 aromatic carbocycles. The lowest BCUT2D eigenvalue weighted by Gasteiger charge is -2.12. The molecule has 0 N–H and O–H groups in total. The summed E-state index contributed by atoms with van der Waals surface area (Å²) in [5.41, 5.74) is 1.30. The Labute approximate surface area is 123 Å². The van der Waals surface area contributed by atoms with Crippen molar-refractivity contribution in [1.29, 1.82) is 0 Å². The predicted octanol–water partition coefficient (Wildman–Crippen LogP) is 5.22. The molecule has 2 heteroatoms. The molecule has 0 unspecified atom stereocenters. The van der Waals surface area contributed by atoms with Crippen molar-refractivity contribution in [3.63, 3.8) is 0 Å². The van der Waals surface area contributed by atoms with Gasteiger partial charge in [-0.1, -0.05) is 55.5 Å². The first kappa shape index (κ1) is 13.5. The van der Waals surface area contributed by atoms with Crippen LogP contribution in [0, 0.1) is 0 Å². The van der Waals surface area contributed by atoms with Crippen LogP contribution in [0.25, 0.3) is 21.5 Å². The molecule has 3 rings (SSSR count). The first-order chi connectivity index (χ1) is 9.90. The van der Waals surface area contributed by atoms with E-state index in [0.29, 0.717) is 6.61 Å². The van der Waals surface area contributed by atoms with Gasteiger partial charge in [-0.25, -0.2) is 0 Å². The van der Waals surface area contributed by atoms with E-state index in [-0.39, 0.29) is 0 Å². The monoisotopic (exact) mass is 282 g/mol. The van der Waals surface area contributed by atoms with Gasteiger partial charge in [0.05, 0.1) is 12.5 Å². The quantitative estimate of drug-likeness (QED) is 0.360. The molecule has 0 aliphatic rings. The summed E-state index contributed by atoms with van der Waals surface area (Å²) in [4.78, 5) is 0. The highest BCUT2D eigenvalue weighted by molar-refractivity contribution is 7.99. The van der Waals surface area contributed by atoms with Gasteiger partial charge in [0.1, 0.15) is 0 Å². The van der Waals surface area contributed by atoms with Crippen LogP contribution in [0.15, 0.2) is 54.6 Å². The first-order valence-corrected chi connectivity index (χ1v) is 8.10. The number of hydrogen-bond donors (Lipinski definition) is 0. The number of thioether (sulfide) groups is 1. The number of hydrogen-bond acceptors (Lipinski definition) is 2. The molecule has 0 aliphatic heterocycles. The van der Waals surface area contributed by atoms with E-state index in [9.17, 15) is 0 Å². The van der Waals surface area contributed by atoms with Crippen LogP contribution in [0.4, 0.5) is 0 Å². The summed E-state index contributed by atoms with van der Waals surface area (Å²) in [5, 5.41) is 5.17. The highest BCUT2D eigenvalue weighted by atomic mass is 32.2. The number of ether oxygens (including phenoxy) is 1.